The summed E-state index contributed by atoms with van der Waals surface area (Å²) in [5.41, 5.74) is 11.2. The first kappa shape index (κ1) is 22.6. The molecule has 29 heavy (non-hydrogen) atoms. The number of nitrogens with two attached hydrogens (primary N) is 2. The second-order valence-corrected chi connectivity index (χ2v) is 6.68. The van der Waals surface area contributed by atoms with Gasteiger partial charge in [-0.1, -0.05) is 6.07 Å². The molecule has 3 rings (SSSR count). The summed E-state index contributed by atoms with van der Waals surface area (Å²) in [6.07, 6.45) is 0.474. The lowest BCUT2D eigenvalue weighted by atomic mass is 9.78. The van der Waals surface area contributed by atoms with Crippen LogP contribution in [0.3, 0.4) is 0 Å². The molecule has 2 aliphatic heterocycles. The second-order valence-electron chi connectivity index (χ2n) is 6.68. The van der Waals surface area contributed by atoms with Crippen LogP contribution in [0.4, 0.5) is 4.79 Å². The minimum atomic E-state index is -1.23. The van der Waals surface area contributed by atoms with Gasteiger partial charge < -0.3 is 41.2 Å². The lowest BCUT2D eigenvalue weighted by Crippen LogP contribution is -2.61. The van der Waals surface area contributed by atoms with Crippen molar-refractivity contribution in [1.82, 2.24) is 10.2 Å². The molecule has 0 saturated carbocycles. The first-order valence-electron chi connectivity index (χ1n) is 8.74. The number of benzene rings is 1. The van der Waals surface area contributed by atoms with E-state index in [1.165, 1.54) is 4.90 Å². The molecule has 1 atom stereocenters. The summed E-state index contributed by atoms with van der Waals surface area (Å²) in [6, 6.07) is 1.56. The van der Waals surface area contributed by atoms with Gasteiger partial charge in [0.2, 0.25) is 5.91 Å². The summed E-state index contributed by atoms with van der Waals surface area (Å²) in [7, 11) is -1.06. The number of nitrogens with zero attached hydrogens (tertiary/aromatic N) is 1. The number of nitrogens with one attached hydrogen (secondary N) is 1. The normalized spacial score (nSPS) is 16.5. The Labute approximate surface area is 172 Å². The molecule has 0 aromatic heterocycles. The highest BCUT2D eigenvalue weighted by atomic mass is 35.5. The van der Waals surface area contributed by atoms with Crippen LogP contribution in [-0.2, 0) is 11.2 Å². The summed E-state index contributed by atoms with van der Waals surface area (Å²) < 4.78 is 11.0. The predicted molar refractivity (Wildman–Crippen MR) is 104 cm³/mol. The molecule has 1 unspecified atom stereocenters. The van der Waals surface area contributed by atoms with Crippen LogP contribution in [-0.4, -0.2) is 71.8 Å². The van der Waals surface area contributed by atoms with Gasteiger partial charge in [0, 0.05) is 6.54 Å². The molecular formula is C16H22BClN4O7. The fraction of sp³-hybridized carbons (Fsp3) is 0.438. The number of carboxylic acid groups (broad SMARTS) is 1. The van der Waals surface area contributed by atoms with Crippen molar-refractivity contribution in [1.29, 1.82) is 0 Å². The Morgan fingerprint density at radius 2 is 2.07 bits per heavy atom. The van der Waals surface area contributed by atoms with Crippen LogP contribution in [0.5, 0.6) is 11.5 Å². The van der Waals surface area contributed by atoms with E-state index < -0.39 is 31.3 Å². The molecule has 0 radical (unpaired) electrons. The van der Waals surface area contributed by atoms with E-state index in [9.17, 15) is 24.5 Å². The van der Waals surface area contributed by atoms with Gasteiger partial charge in [0.25, 0.3) is 0 Å². The molecule has 7 N–H and O–H groups in total. The number of carbonyl (C=O) groups excluding carboxylic acids is 2. The maximum absolute atomic E-state index is 12.2. The summed E-state index contributed by atoms with van der Waals surface area (Å²) in [6.45, 7) is 0.370. The molecule has 11 nitrogen and oxygen atoms in total. The number of hydrogen-bond acceptors (Lipinski definition) is 7. The number of halogens is 1. The quantitative estimate of drug-likeness (QED) is 0.351. The van der Waals surface area contributed by atoms with E-state index in [0.717, 1.165) is 0 Å². The number of hydrogen-bond donors (Lipinski definition) is 5. The minimum absolute atomic E-state index is 0. The number of fused-ring (bicyclic) bond motifs is 1. The Morgan fingerprint density at radius 3 is 2.69 bits per heavy atom. The predicted octanol–water partition coefficient (Wildman–Crippen LogP) is -1.19. The summed E-state index contributed by atoms with van der Waals surface area (Å²) in [5, 5.41) is 21.5. The molecule has 13 heteroatoms. The number of rotatable bonds is 6. The van der Waals surface area contributed by atoms with E-state index in [0.29, 0.717) is 18.3 Å². The maximum atomic E-state index is 12.2. The van der Waals surface area contributed by atoms with Crippen molar-refractivity contribution in [3.8, 4) is 11.5 Å². The van der Waals surface area contributed by atoms with Gasteiger partial charge in [-0.05, 0) is 24.4 Å². The number of primary amides is 1. The van der Waals surface area contributed by atoms with Crippen LogP contribution >= 0.6 is 12.4 Å². The third-order valence-electron chi connectivity index (χ3n) is 4.60. The second kappa shape index (κ2) is 9.20. The number of aromatic carboxylic acids is 1. The Kier molecular flexibility index (Phi) is 7.17. The average molecular weight is 429 g/mol. The number of carboxylic acids is 1. The van der Waals surface area contributed by atoms with Crippen molar-refractivity contribution in [3.63, 3.8) is 0 Å². The van der Waals surface area contributed by atoms with Gasteiger partial charge in [-0.3, -0.25) is 4.79 Å². The van der Waals surface area contributed by atoms with E-state index in [1.807, 2.05) is 0 Å². The van der Waals surface area contributed by atoms with Gasteiger partial charge in [-0.25, -0.2) is 9.59 Å². The van der Waals surface area contributed by atoms with Crippen LogP contribution < -0.4 is 26.2 Å². The van der Waals surface area contributed by atoms with Crippen molar-refractivity contribution in [2.45, 2.75) is 24.9 Å². The number of urea groups is 1. The first-order chi connectivity index (χ1) is 13.3. The molecule has 158 valence electrons. The fourth-order valence-corrected chi connectivity index (χ4v) is 3.12. The zero-order chi connectivity index (χ0) is 20.4. The van der Waals surface area contributed by atoms with Crippen molar-refractivity contribution in [2.24, 2.45) is 11.5 Å². The molecule has 1 fully saturated rings. The largest absolute Gasteiger partial charge is 0.535 e. The number of ether oxygens (including phenoxy) is 1. The number of likely N-dealkylation sites (tertiary alicyclic amines) is 1. The fourth-order valence-electron chi connectivity index (χ4n) is 3.12. The lowest BCUT2D eigenvalue weighted by Gasteiger charge is -2.40. The first-order valence-corrected chi connectivity index (χ1v) is 8.74. The summed E-state index contributed by atoms with van der Waals surface area (Å²) >= 11 is 0. The van der Waals surface area contributed by atoms with Gasteiger partial charge in [0.15, 0.2) is 0 Å². The Hall–Kier alpha value is -2.70. The van der Waals surface area contributed by atoms with Crippen LogP contribution in [0.25, 0.3) is 0 Å². The minimum Gasteiger partial charge on any atom is -0.535 e. The van der Waals surface area contributed by atoms with Gasteiger partial charge in [-0.15, -0.1) is 12.4 Å². The standard InChI is InChI=1S/C16H21BN4O7.ClH/c18-10(5-20-16(19)25)14(22)21-6-9(7-21)27-11-2-1-8-3-4-17(26)28-13(8)12(11)15(23)24;/h1-2,9-10,26H,3-7,18H2,(H,23,24)(H3,19,20,25);1H. The summed E-state index contributed by atoms with van der Waals surface area (Å²) in [5.74, 6) is -1.38. The molecule has 2 heterocycles. The number of carbonyl (C=O) groups is 3. The van der Waals surface area contributed by atoms with E-state index in [-0.39, 0.29) is 55.0 Å². The molecule has 0 bridgehead atoms. The van der Waals surface area contributed by atoms with E-state index >= 15 is 0 Å². The third-order valence-corrected chi connectivity index (χ3v) is 4.60. The third kappa shape index (κ3) is 5.02. The Morgan fingerprint density at radius 1 is 1.38 bits per heavy atom. The van der Waals surface area contributed by atoms with Crippen molar-refractivity contribution >= 4 is 37.4 Å². The average Bonchev–Trinajstić information content (AvgIpc) is 2.60. The molecule has 0 spiro atoms. The molecule has 2 aliphatic rings. The van der Waals surface area contributed by atoms with Gasteiger partial charge >= 0.3 is 19.1 Å². The molecule has 0 aliphatic carbocycles. The molecule has 1 aromatic carbocycles. The molecule has 3 amide bonds. The molecule has 1 aromatic rings. The van der Waals surface area contributed by atoms with Crippen molar-refractivity contribution in [3.05, 3.63) is 23.3 Å². The number of aryl methyl sites for hydroxylation is 1. The zero-order valence-electron chi connectivity index (χ0n) is 15.4. The van der Waals surface area contributed by atoms with E-state index in [1.54, 1.807) is 12.1 Å². The van der Waals surface area contributed by atoms with Crippen molar-refractivity contribution < 1.29 is 33.9 Å². The Balaban J connectivity index is 0.00000300. The smallest absolute Gasteiger partial charge is 0.522 e. The molecular weight excluding hydrogens is 406 g/mol. The monoisotopic (exact) mass is 428 g/mol. The van der Waals surface area contributed by atoms with Gasteiger partial charge in [0.05, 0.1) is 13.1 Å². The number of amides is 3. The van der Waals surface area contributed by atoms with Crippen molar-refractivity contribution in [2.75, 3.05) is 19.6 Å². The van der Waals surface area contributed by atoms with Crippen LogP contribution in [0.1, 0.15) is 15.9 Å². The van der Waals surface area contributed by atoms with E-state index in [2.05, 4.69) is 5.32 Å². The van der Waals surface area contributed by atoms with Crippen LogP contribution in [0, 0.1) is 0 Å². The van der Waals surface area contributed by atoms with Crippen LogP contribution in [0.2, 0.25) is 6.32 Å². The SMILES string of the molecule is Cl.NC(=O)NCC(N)C(=O)N1CC(Oc2ccc3c(c2C(=O)O)OB(O)CC3)C1. The maximum Gasteiger partial charge on any atom is 0.522 e. The highest BCUT2D eigenvalue weighted by molar-refractivity contribution is 6.44. The van der Waals surface area contributed by atoms with Gasteiger partial charge in [-0.2, -0.15) is 0 Å². The highest BCUT2D eigenvalue weighted by Crippen LogP contribution is 2.37. The topological polar surface area (TPSA) is 177 Å². The lowest BCUT2D eigenvalue weighted by molar-refractivity contribution is -0.141. The summed E-state index contributed by atoms with van der Waals surface area (Å²) in [4.78, 5) is 36.0. The van der Waals surface area contributed by atoms with Gasteiger partial charge in [0.1, 0.15) is 29.2 Å². The zero-order valence-corrected chi connectivity index (χ0v) is 16.2. The van der Waals surface area contributed by atoms with E-state index in [4.69, 9.17) is 20.9 Å². The molecule has 1 saturated heterocycles. The van der Waals surface area contributed by atoms with Crippen LogP contribution in [0.15, 0.2) is 12.1 Å². The highest BCUT2D eigenvalue weighted by Gasteiger charge is 2.36. The Bertz CT molecular complexity index is 806.